The van der Waals surface area contributed by atoms with Crippen LogP contribution in [-0.4, -0.2) is 43.6 Å². The van der Waals surface area contributed by atoms with E-state index in [0.29, 0.717) is 6.54 Å². The van der Waals surface area contributed by atoms with E-state index in [0.717, 1.165) is 31.5 Å². The first-order chi connectivity index (χ1) is 10.2. The summed E-state index contributed by atoms with van der Waals surface area (Å²) in [7, 11) is 1.55. The molecule has 1 aliphatic rings. The highest BCUT2D eigenvalue weighted by Gasteiger charge is 2.25. The third kappa shape index (κ3) is 4.28. The summed E-state index contributed by atoms with van der Waals surface area (Å²) in [6, 6.07) is 11.8. The fourth-order valence-electron chi connectivity index (χ4n) is 2.63. The summed E-state index contributed by atoms with van der Waals surface area (Å²) in [5, 5.41) is 11.7. The van der Waals surface area contributed by atoms with Gasteiger partial charge in [-0.3, -0.25) is 9.69 Å². The number of methoxy groups -OCH3 is 1. The molecule has 1 amide bonds. The Hall–Kier alpha value is -1.90. The summed E-state index contributed by atoms with van der Waals surface area (Å²) >= 11 is 0. The number of nitrogens with zero attached hydrogens (tertiary/aromatic N) is 2. The molecule has 5 heteroatoms. The van der Waals surface area contributed by atoms with Gasteiger partial charge in [0.05, 0.1) is 12.6 Å². The third-order valence-electron chi connectivity index (χ3n) is 3.80. The van der Waals surface area contributed by atoms with Gasteiger partial charge in [0.1, 0.15) is 0 Å². The van der Waals surface area contributed by atoms with Crippen molar-refractivity contribution < 1.29 is 9.53 Å². The number of ether oxygens (including phenoxy) is 1. The number of carbonyl (C=O) groups excluding carboxylic acids is 1. The van der Waals surface area contributed by atoms with E-state index in [4.69, 9.17) is 10.00 Å². The van der Waals surface area contributed by atoms with E-state index < -0.39 is 6.10 Å². The Morgan fingerprint density at radius 2 is 2.10 bits per heavy atom. The van der Waals surface area contributed by atoms with Crippen LogP contribution in [-0.2, 0) is 9.53 Å². The fourth-order valence-corrected chi connectivity index (χ4v) is 2.63. The molecule has 1 N–H and O–H groups in total. The maximum absolute atomic E-state index is 12.3. The average Bonchev–Trinajstić information content (AvgIpc) is 2.51. The van der Waals surface area contributed by atoms with Crippen LogP contribution >= 0.6 is 0 Å². The van der Waals surface area contributed by atoms with Gasteiger partial charge in [-0.2, -0.15) is 5.26 Å². The molecular formula is C16H21N3O2. The monoisotopic (exact) mass is 287 g/mol. The topological polar surface area (TPSA) is 65.4 Å². The van der Waals surface area contributed by atoms with E-state index in [1.54, 1.807) is 7.11 Å². The molecule has 0 aliphatic carbocycles. The first-order valence-corrected chi connectivity index (χ1v) is 7.22. The van der Waals surface area contributed by atoms with Gasteiger partial charge in [0.25, 0.3) is 5.91 Å². The molecule has 0 saturated carbocycles. The van der Waals surface area contributed by atoms with Crippen molar-refractivity contribution in [3.8, 4) is 6.07 Å². The van der Waals surface area contributed by atoms with Crippen molar-refractivity contribution >= 4 is 5.91 Å². The lowest BCUT2D eigenvalue weighted by atomic mass is 10.0. The quantitative estimate of drug-likeness (QED) is 0.833. The highest BCUT2D eigenvalue weighted by atomic mass is 16.5. The van der Waals surface area contributed by atoms with Gasteiger partial charge in [0.2, 0.25) is 0 Å². The van der Waals surface area contributed by atoms with Gasteiger partial charge in [0.15, 0.2) is 6.10 Å². The number of benzene rings is 1. The van der Waals surface area contributed by atoms with Gasteiger partial charge >= 0.3 is 0 Å². The molecule has 1 heterocycles. The lowest BCUT2D eigenvalue weighted by Gasteiger charge is -2.31. The van der Waals surface area contributed by atoms with Crippen LogP contribution in [0.2, 0.25) is 0 Å². The lowest BCUT2D eigenvalue weighted by molar-refractivity contribution is -0.132. The summed E-state index contributed by atoms with van der Waals surface area (Å²) in [5.74, 6) is -0.0950. The van der Waals surface area contributed by atoms with Crippen molar-refractivity contribution in [1.82, 2.24) is 10.2 Å². The molecule has 1 aliphatic heterocycles. The third-order valence-corrected chi connectivity index (χ3v) is 3.80. The number of hydrogen-bond donors (Lipinski definition) is 1. The van der Waals surface area contributed by atoms with Crippen molar-refractivity contribution in [2.75, 3.05) is 26.7 Å². The molecule has 0 radical (unpaired) electrons. The van der Waals surface area contributed by atoms with Crippen molar-refractivity contribution in [3.05, 3.63) is 35.9 Å². The van der Waals surface area contributed by atoms with Crippen LogP contribution in [0.25, 0.3) is 0 Å². The van der Waals surface area contributed by atoms with Crippen molar-refractivity contribution in [3.63, 3.8) is 0 Å². The summed E-state index contributed by atoms with van der Waals surface area (Å²) in [4.78, 5) is 14.5. The zero-order valence-electron chi connectivity index (χ0n) is 12.3. The van der Waals surface area contributed by atoms with Crippen molar-refractivity contribution in [2.24, 2.45) is 0 Å². The van der Waals surface area contributed by atoms with Gasteiger partial charge in [-0.15, -0.1) is 0 Å². The standard InChI is InChI=1S/C16H21N3O2/c1-21-15(13-5-3-2-4-6-13)16(20)18-14-7-10-19(11-8-14)12-9-17/h2-6,14-15H,7-8,10-12H2,1H3,(H,18,20). The second-order valence-corrected chi connectivity index (χ2v) is 5.24. The van der Waals surface area contributed by atoms with Gasteiger partial charge in [-0.25, -0.2) is 0 Å². The van der Waals surface area contributed by atoms with Crippen molar-refractivity contribution in [2.45, 2.75) is 25.0 Å². The van der Waals surface area contributed by atoms with Crippen LogP contribution in [0.15, 0.2) is 30.3 Å². The van der Waals surface area contributed by atoms with E-state index >= 15 is 0 Å². The van der Waals surface area contributed by atoms with E-state index in [1.807, 2.05) is 30.3 Å². The van der Waals surface area contributed by atoms with Crippen LogP contribution in [0.3, 0.4) is 0 Å². The second kappa shape index (κ2) is 7.77. The number of amides is 1. The lowest BCUT2D eigenvalue weighted by Crippen LogP contribution is -2.46. The SMILES string of the molecule is COC(C(=O)NC1CCN(CC#N)CC1)c1ccccc1. The molecule has 2 rings (SSSR count). The van der Waals surface area contributed by atoms with Gasteiger partial charge in [0, 0.05) is 26.2 Å². The fraction of sp³-hybridized carbons (Fsp3) is 0.500. The molecule has 1 aromatic rings. The number of hydrogen-bond acceptors (Lipinski definition) is 4. The van der Waals surface area contributed by atoms with E-state index in [-0.39, 0.29) is 11.9 Å². The van der Waals surface area contributed by atoms with E-state index in [9.17, 15) is 4.79 Å². The Balaban J connectivity index is 1.88. The molecule has 112 valence electrons. The Labute approximate surface area is 125 Å². The van der Waals surface area contributed by atoms with E-state index in [1.165, 1.54) is 0 Å². The highest BCUT2D eigenvalue weighted by Crippen LogP contribution is 2.18. The van der Waals surface area contributed by atoms with Crippen LogP contribution in [0, 0.1) is 11.3 Å². The van der Waals surface area contributed by atoms with Gasteiger partial charge in [-0.1, -0.05) is 30.3 Å². The summed E-state index contributed by atoms with van der Waals surface area (Å²) < 4.78 is 5.33. The molecule has 21 heavy (non-hydrogen) atoms. The summed E-state index contributed by atoms with van der Waals surface area (Å²) in [5.41, 5.74) is 0.861. The molecule has 1 unspecified atom stereocenters. The predicted molar refractivity (Wildman–Crippen MR) is 79.4 cm³/mol. The number of likely N-dealkylation sites (tertiary alicyclic amines) is 1. The maximum atomic E-state index is 12.3. The number of nitriles is 1. The Kier molecular flexibility index (Phi) is 5.73. The zero-order chi connectivity index (χ0) is 15.1. The molecule has 1 aromatic carbocycles. The smallest absolute Gasteiger partial charge is 0.253 e. The summed E-state index contributed by atoms with van der Waals surface area (Å²) in [6.45, 7) is 2.16. The molecule has 0 spiro atoms. The van der Waals surface area contributed by atoms with E-state index in [2.05, 4.69) is 16.3 Å². The van der Waals surface area contributed by atoms with Crippen LogP contribution in [0.5, 0.6) is 0 Å². The Bertz CT molecular complexity index is 490. The molecule has 5 nitrogen and oxygen atoms in total. The number of nitrogens with one attached hydrogen (secondary N) is 1. The minimum absolute atomic E-state index is 0.0950. The largest absolute Gasteiger partial charge is 0.367 e. The molecule has 1 saturated heterocycles. The number of carbonyl (C=O) groups is 1. The van der Waals surface area contributed by atoms with Crippen molar-refractivity contribution in [1.29, 1.82) is 5.26 Å². The van der Waals surface area contributed by atoms with Crippen LogP contribution in [0.1, 0.15) is 24.5 Å². The molecule has 0 aromatic heterocycles. The minimum atomic E-state index is -0.566. The zero-order valence-corrected chi connectivity index (χ0v) is 12.3. The average molecular weight is 287 g/mol. The first-order valence-electron chi connectivity index (χ1n) is 7.22. The van der Waals surface area contributed by atoms with Crippen LogP contribution < -0.4 is 5.32 Å². The first kappa shape index (κ1) is 15.5. The molecule has 1 fully saturated rings. The van der Waals surface area contributed by atoms with Gasteiger partial charge < -0.3 is 10.1 Å². The number of rotatable bonds is 5. The molecule has 1 atom stereocenters. The maximum Gasteiger partial charge on any atom is 0.253 e. The Morgan fingerprint density at radius 3 is 2.67 bits per heavy atom. The molecular weight excluding hydrogens is 266 g/mol. The normalized spacial score (nSPS) is 17.9. The van der Waals surface area contributed by atoms with Crippen LogP contribution in [0.4, 0.5) is 0 Å². The second-order valence-electron chi connectivity index (χ2n) is 5.24. The van der Waals surface area contributed by atoms with Gasteiger partial charge in [-0.05, 0) is 18.4 Å². The number of piperidine rings is 1. The Morgan fingerprint density at radius 1 is 1.43 bits per heavy atom. The highest BCUT2D eigenvalue weighted by molar-refractivity contribution is 5.82. The minimum Gasteiger partial charge on any atom is -0.367 e. The predicted octanol–water partition coefficient (Wildman–Crippen LogP) is 1.48. The summed E-state index contributed by atoms with van der Waals surface area (Å²) in [6.07, 6.45) is 1.18. The molecule has 0 bridgehead atoms.